The molecular formula is C17H31N2O3P. The first-order valence-electron chi connectivity index (χ1n) is 8.09. The fourth-order valence-corrected chi connectivity index (χ4v) is 3.74. The van der Waals surface area contributed by atoms with Gasteiger partial charge in [-0.3, -0.25) is 4.57 Å². The van der Waals surface area contributed by atoms with Gasteiger partial charge in [-0.2, -0.15) is 0 Å². The number of rotatable bonds is 10. The van der Waals surface area contributed by atoms with E-state index in [1.54, 1.807) is 6.92 Å². The predicted molar refractivity (Wildman–Crippen MR) is 95.9 cm³/mol. The van der Waals surface area contributed by atoms with E-state index in [1.807, 2.05) is 0 Å². The molecule has 1 N–H and O–H groups in total. The Hall–Kier alpha value is -0.710. The van der Waals surface area contributed by atoms with E-state index in [0.29, 0.717) is 6.42 Å². The van der Waals surface area contributed by atoms with Crippen LogP contribution >= 0.6 is 7.60 Å². The summed E-state index contributed by atoms with van der Waals surface area (Å²) in [6, 6.07) is 6.63. The topological polar surface area (TPSA) is 53.0 Å². The normalized spacial score (nSPS) is 14.4. The third-order valence-electron chi connectivity index (χ3n) is 3.35. The van der Waals surface area contributed by atoms with Gasteiger partial charge in [-0.1, -0.05) is 18.2 Å². The maximum atomic E-state index is 11.7. The van der Waals surface area contributed by atoms with Gasteiger partial charge in [0.25, 0.3) is 0 Å². The first kappa shape index (κ1) is 20.3. The van der Waals surface area contributed by atoms with E-state index in [1.165, 1.54) is 16.7 Å². The van der Waals surface area contributed by atoms with Gasteiger partial charge in [-0.05, 0) is 64.6 Å². The first-order valence-corrected chi connectivity index (χ1v) is 9.85. The van der Waals surface area contributed by atoms with Crippen LogP contribution in [0.25, 0.3) is 0 Å². The molecule has 1 aromatic rings. The van der Waals surface area contributed by atoms with E-state index in [-0.39, 0.29) is 12.8 Å². The van der Waals surface area contributed by atoms with E-state index in [2.05, 4.69) is 56.2 Å². The van der Waals surface area contributed by atoms with Crippen molar-refractivity contribution in [1.29, 1.82) is 0 Å². The quantitative estimate of drug-likeness (QED) is 0.663. The van der Waals surface area contributed by atoms with Crippen LogP contribution in [-0.4, -0.2) is 55.7 Å². The SMILES string of the molecule is CCOP(=O)(O)CCCc1cc(CN(C)C)cc(CN(C)C)c1. The summed E-state index contributed by atoms with van der Waals surface area (Å²) in [6.07, 6.45) is 1.65. The molecule has 0 radical (unpaired) electrons. The standard InChI is InChI=1S/C17H31N2O3P/c1-6-22-23(20,21)9-7-8-15-10-16(13-18(2)3)12-17(11-15)14-19(4)5/h10-12H,6-9,13-14H2,1-5H3,(H,20,21). The summed E-state index contributed by atoms with van der Waals surface area (Å²) in [5.74, 6) is 0. The Balaban J connectivity index is 2.77. The van der Waals surface area contributed by atoms with Crippen molar-refractivity contribution in [3.63, 3.8) is 0 Å². The fraction of sp³-hybridized carbons (Fsp3) is 0.647. The Morgan fingerprint density at radius 2 is 1.48 bits per heavy atom. The highest BCUT2D eigenvalue weighted by Crippen LogP contribution is 2.42. The molecular weight excluding hydrogens is 311 g/mol. The van der Waals surface area contributed by atoms with Gasteiger partial charge in [0, 0.05) is 13.1 Å². The van der Waals surface area contributed by atoms with Crippen LogP contribution in [0.15, 0.2) is 18.2 Å². The smallest absolute Gasteiger partial charge is 0.324 e. The molecule has 0 fully saturated rings. The molecule has 0 aliphatic heterocycles. The molecule has 0 heterocycles. The summed E-state index contributed by atoms with van der Waals surface area (Å²) in [6.45, 7) is 3.80. The van der Waals surface area contributed by atoms with Crippen molar-refractivity contribution in [2.45, 2.75) is 32.9 Å². The van der Waals surface area contributed by atoms with Crippen LogP contribution in [0.2, 0.25) is 0 Å². The minimum Gasteiger partial charge on any atom is -0.324 e. The summed E-state index contributed by atoms with van der Waals surface area (Å²) < 4.78 is 16.7. The number of hydrogen-bond donors (Lipinski definition) is 1. The molecule has 5 nitrogen and oxygen atoms in total. The molecule has 1 aromatic carbocycles. The third-order valence-corrected chi connectivity index (χ3v) is 4.89. The molecule has 0 spiro atoms. The molecule has 132 valence electrons. The Labute approximate surface area is 140 Å². The van der Waals surface area contributed by atoms with Crippen molar-refractivity contribution in [2.75, 3.05) is 41.0 Å². The van der Waals surface area contributed by atoms with Gasteiger partial charge in [-0.25, -0.2) is 0 Å². The molecule has 0 aliphatic rings. The van der Waals surface area contributed by atoms with E-state index in [0.717, 1.165) is 19.5 Å². The molecule has 0 bridgehead atoms. The highest BCUT2D eigenvalue weighted by atomic mass is 31.2. The summed E-state index contributed by atoms with van der Waals surface area (Å²) in [4.78, 5) is 14.0. The van der Waals surface area contributed by atoms with Gasteiger partial charge in [0.05, 0.1) is 12.8 Å². The van der Waals surface area contributed by atoms with Crippen molar-refractivity contribution in [3.8, 4) is 0 Å². The van der Waals surface area contributed by atoms with E-state index in [9.17, 15) is 9.46 Å². The van der Waals surface area contributed by atoms with Gasteiger partial charge < -0.3 is 19.2 Å². The summed E-state index contributed by atoms with van der Waals surface area (Å²) >= 11 is 0. The van der Waals surface area contributed by atoms with Crippen LogP contribution in [0.4, 0.5) is 0 Å². The largest absolute Gasteiger partial charge is 0.328 e. The first-order chi connectivity index (χ1) is 10.7. The van der Waals surface area contributed by atoms with Crippen molar-refractivity contribution < 1.29 is 14.0 Å². The average Bonchev–Trinajstić information content (AvgIpc) is 2.36. The van der Waals surface area contributed by atoms with Gasteiger partial charge in [0.1, 0.15) is 0 Å². The molecule has 0 saturated carbocycles. The van der Waals surface area contributed by atoms with Crippen LogP contribution in [0, 0.1) is 0 Å². The Bertz CT molecular complexity index is 504. The molecule has 1 atom stereocenters. The highest BCUT2D eigenvalue weighted by Gasteiger charge is 2.17. The minimum atomic E-state index is -3.41. The van der Waals surface area contributed by atoms with Crippen LogP contribution in [0.3, 0.4) is 0 Å². The number of nitrogens with zero attached hydrogens (tertiary/aromatic N) is 2. The van der Waals surface area contributed by atoms with Gasteiger partial charge in [0.2, 0.25) is 0 Å². The maximum Gasteiger partial charge on any atom is 0.328 e. The van der Waals surface area contributed by atoms with Crippen LogP contribution < -0.4 is 0 Å². The lowest BCUT2D eigenvalue weighted by atomic mass is 10.0. The number of benzene rings is 1. The molecule has 1 rings (SSSR count). The molecule has 6 heteroatoms. The second-order valence-corrected chi connectivity index (χ2v) is 8.50. The van der Waals surface area contributed by atoms with Gasteiger partial charge in [0.15, 0.2) is 0 Å². The lowest BCUT2D eigenvalue weighted by Crippen LogP contribution is -2.14. The third kappa shape index (κ3) is 8.63. The summed E-state index contributed by atoms with van der Waals surface area (Å²) in [5.41, 5.74) is 3.78. The molecule has 0 amide bonds. The van der Waals surface area contributed by atoms with Crippen molar-refractivity contribution >= 4 is 7.60 Å². The van der Waals surface area contributed by atoms with E-state index in [4.69, 9.17) is 4.52 Å². The number of hydrogen-bond acceptors (Lipinski definition) is 4. The van der Waals surface area contributed by atoms with Crippen LogP contribution in [0.5, 0.6) is 0 Å². The van der Waals surface area contributed by atoms with Crippen molar-refractivity contribution in [2.24, 2.45) is 0 Å². The molecule has 0 aromatic heterocycles. The van der Waals surface area contributed by atoms with Crippen LogP contribution in [0.1, 0.15) is 30.0 Å². The Morgan fingerprint density at radius 1 is 1.00 bits per heavy atom. The molecule has 1 unspecified atom stereocenters. The zero-order valence-electron chi connectivity index (χ0n) is 15.1. The zero-order chi connectivity index (χ0) is 17.5. The Kier molecular flexibility index (Phi) is 8.45. The Morgan fingerprint density at radius 3 is 1.91 bits per heavy atom. The van der Waals surface area contributed by atoms with Crippen molar-refractivity contribution in [1.82, 2.24) is 9.80 Å². The van der Waals surface area contributed by atoms with Crippen LogP contribution in [-0.2, 0) is 28.6 Å². The van der Waals surface area contributed by atoms with E-state index >= 15 is 0 Å². The second kappa shape index (κ2) is 9.55. The lowest BCUT2D eigenvalue weighted by Gasteiger charge is -2.16. The summed E-state index contributed by atoms with van der Waals surface area (Å²) in [7, 11) is 4.82. The monoisotopic (exact) mass is 342 g/mol. The molecule has 0 aliphatic carbocycles. The highest BCUT2D eigenvalue weighted by molar-refractivity contribution is 7.52. The second-order valence-electron chi connectivity index (χ2n) is 6.52. The van der Waals surface area contributed by atoms with Gasteiger partial charge >= 0.3 is 7.60 Å². The minimum absolute atomic E-state index is 0.210. The average molecular weight is 342 g/mol. The van der Waals surface area contributed by atoms with Crippen molar-refractivity contribution in [3.05, 3.63) is 34.9 Å². The predicted octanol–water partition coefficient (Wildman–Crippen LogP) is 2.96. The summed E-state index contributed by atoms with van der Waals surface area (Å²) in [5, 5.41) is 0. The van der Waals surface area contributed by atoms with Gasteiger partial charge in [-0.15, -0.1) is 0 Å². The maximum absolute atomic E-state index is 11.7. The number of aryl methyl sites for hydroxylation is 1. The molecule has 0 saturated heterocycles. The van der Waals surface area contributed by atoms with E-state index < -0.39 is 7.60 Å². The lowest BCUT2D eigenvalue weighted by molar-refractivity contribution is 0.273. The molecule has 23 heavy (non-hydrogen) atoms. The zero-order valence-corrected chi connectivity index (χ0v) is 16.0. The fourth-order valence-electron chi connectivity index (χ4n) is 2.65.